The molecule has 0 atom stereocenters. The van der Waals surface area contributed by atoms with Crippen LogP contribution in [0.2, 0.25) is 0 Å². The van der Waals surface area contributed by atoms with E-state index in [1.807, 2.05) is 18.2 Å². The van der Waals surface area contributed by atoms with Crippen LogP contribution < -0.4 is 15.4 Å². The van der Waals surface area contributed by atoms with Gasteiger partial charge >= 0.3 is 6.01 Å². The highest BCUT2D eigenvalue weighted by molar-refractivity contribution is 5.29. The third-order valence-electron chi connectivity index (χ3n) is 2.99. The first-order valence-electron chi connectivity index (χ1n) is 7.21. The van der Waals surface area contributed by atoms with E-state index in [0.29, 0.717) is 18.5 Å². The molecule has 6 heteroatoms. The summed E-state index contributed by atoms with van der Waals surface area (Å²) < 4.78 is 10.7. The quantitative estimate of drug-likeness (QED) is 0.690. The Kier molecular flexibility index (Phi) is 6.02. The van der Waals surface area contributed by atoms with Crippen molar-refractivity contribution in [1.82, 2.24) is 15.5 Å². The minimum Gasteiger partial charge on any atom is -0.497 e. The molecule has 1 heterocycles. The second-order valence-electron chi connectivity index (χ2n) is 4.71. The Hall–Kier alpha value is -2.08. The molecule has 0 aliphatic rings. The Labute approximate surface area is 124 Å². The second kappa shape index (κ2) is 8.26. The SMILES string of the molecule is CCCNCc1nnc(NCCc2cccc(OC)c2)o1. The normalized spacial score (nSPS) is 10.6. The lowest BCUT2D eigenvalue weighted by Gasteiger charge is -2.04. The summed E-state index contributed by atoms with van der Waals surface area (Å²) in [5.41, 5.74) is 1.20. The first-order chi connectivity index (χ1) is 10.3. The van der Waals surface area contributed by atoms with Gasteiger partial charge in [-0.3, -0.25) is 0 Å². The maximum atomic E-state index is 5.49. The summed E-state index contributed by atoms with van der Waals surface area (Å²) >= 11 is 0. The molecule has 0 radical (unpaired) electrons. The van der Waals surface area contributed by atoms with E-state index >= 15 is 0 Å². The van der Waals surface area contributed by atoms with Gasteiger partial charge in [0.25, 0.3) is 0 Å². The molecule has 0 aliphatic carbocycles. The van der Waals surface area contributed by atoms with Crippen LogP contribution in [0.1, 0.15) is 24.8 Å². The number of nitrogens with one attached hydrogen (secondary N) is 2. The van der Waals surface area contributed by atoms with Gasteiger partial charge in [0.2, 0.25) is 5.89 Å². The number of methoxy groups -OCH3 is 1. The van der Waals surface area contributed by atoms with Gasteiger partial charge < -0.3 is 19.8 Å². The van der Waals surface area contributed by atoms with Crippen molar-refractivity contribution in [3.05, 3.63) is 35.7 Å². The largest absolute Gasteiger partial charge is 0.497 e. The summed E-state index contributed by atoms with van der Waals surface area (Å²) in [7, 11) is 1.67. The van der Waals surface area contributed by atoms with Crippen LogP contribution in [0.15, 0.2) is 28.7 Å². The standard InChI is InChI=1S/C15H22N4O2/c1-3-8-16-11-14-18-19-15(21-14)17-9-7-12-5-4-6-13(10-12)20-2/h4-6,10,16H,3,7-9,11H2,1-2H3,(H,17,19). The average Bonchev–Trinajstić information content (AvgIpc) is 2.96. The van der Waals surface area contributed by atoms with Crippen LogP contribution in [-0.4, -0.2) is 30.4 Å². The van der Waals surface area contributed by atoms with Gasteiger partial charge in [-0.2, -0.15) is 0 Å². The maximum absolute atomic E-state index is 5.49. The molecule has 2 aromatic rings. The molecule has 1 aromatic heterocycles. The van der Waals surface area contributed by atoms with E-state index in [1.54, 1.807) is 7.11 Å². The Morgan fingerprint density at radius 1 is 1.24 bits per heavy atom. The summed E-state index contributed by atoms with van der Waals surface area (Å²) in [6, 6.07) is 8.47. The third-order valence-corrected chi connectivity index (χ3v) is 2.99. The second-order valence-corrected chi connectivity index (χ2v) is 4.71. The predicted molar refractivity (Wildman–Crippen MR) is 81.5 cm³/mol. The Morgan fingerprint density at radius 3 is 2.95 bits per heavy atom. The lowest BCUT2D eigenvalue weighted by Crippen LogP contribution is -2.13. The van der Waals surface area contributed by atoms with Crippen molar-refractivity contribution in [3.63, 3.8) is 0 Å². The predicted octanol–water partition coefficient (Wildman–Crippen LogP) is 2.23. The zero-order chi connectivity index (χ0) is 14.9. The van der Waals surface area contributed by atoms with E-state index in [1.165, 1.54) is 5.56 Å². The Morgan fingerprint density at radius 2 is 2.14 bits per heavy atom. The summed E-state index contributed by atoms with van der Waals surface area (Å²) in [5.74, 6) is 1.47. The van der Waals surface area contributed by atoms with Gasteiger partial charge in [0.05, 0.1) is 13.7 Å². The van der Waals surface area contributed by atoms with Crippen LogP contribution >= 0.6 is 0 Å². The van der Waals surface area contributed by atoms with Crippen molar-refractivity contribution in [2.75, 3.05) is 25.5 Å². The van der Waals surface area contributed by atoms with E-state index in [9.17, 15) is 0 Å². The van der Waals surface area contributed by atoms with E-state index in [-0.39, 0.29) is 0 Å². The number of rotatable bonds is 9. The van der Waals surface area contributed by atoms with Crippen molar-refractivity contribution in [2.24, 2.45) is 0 Å². The number of anilines is 1. The molecule has 0 unspecified atom stereocenters. The molecule has 0 spiro atoms. The summed E-state index contributed by atoms with van der Waals surface area (Å²) in [5, 5.41) is 14.3. The number of benzene rings is 1. The van der Waals surface area contributed by atoms with Gasteiger partial charge in [0, 0.05) is 6.54 Å². The molecular formula is C15H22N4O2. The highest BCUT2D eigenvalue weighted by Crippen LogP contribution is 2.13. The van der Waals surface area contributed by atoms with Crippen molar-refractivity contribution >= 4 is 6.01 Å². The van der Waals surface area contributed by atoms with E-state index < -0.39 is 0 Å². The van der Waals surface area contributed by atoms with Crippen LogP contribution in [0.5, 0.6) is 5.75 Å². The van der Waals surface area contributed by atoms with Gasteiger partial charge in [0.1, 0.15) is 5.75 Å². The lowest BCUT2D eigenvalue weighted by atomic mass is 10.1. The summed E-state index contributed by atoms with van der Waals surface area (Å²) in [6.07, 6.45) is 1.95. The molecule has 1 aromatic carbocycles. The first-order valence-corrected chi connectivity index (χ1v) is 7.21. The maximum Gasteiger partial charge on any atom is 0.315 e. The molecule has 6 nitrogen and oxygen atoms in total. The first kappa shape index (κ1) is 15.3. The van der Waals surface area contributed by atoms with Gasteiger partial charge in [-0.15, -0.1) is 5.10 Å². The van der Waals surface area contributed by atoms with Crippen LogP contribution in [0, 0.1) is 0 Å². The van der Waals surface area contributed by atoms with Crippen LogP contribution in [0.3, 0.4) is 0 Å². The van der Waals surface area contributed by atoms with Crippen molar-refractivity contribution < 1.29 is 9.15 Å². The lowest BCUT2D eigenvalue weighted by molar-refractivity contribution is 0.414. The molecule has 0 bridgehead atoms. The number of hydrogen-bond acceptors (Lipinski definition) is 6. The van der Waals surface area contributed by atoms with Crippen LogP contribution in [0.25, 0.3) is 0 Å². The van der Waals surface area contributed by atoms with E-state index in [0.717, 1.165) is 31.7 Å². The molecule has 0 fully saturated rings. The Bertz CT molecular complexity index is 542. The zero-order valence-corrected chi connectivity index (χ0v) is 12.6. The average molecular weight is 290 g/mol. The third kappa shape index (κ3) is 5.07. The van der Waals surface area contributed by atoms with Crippen LogP contribution in [-0.2, 0) is 13.0 Å². The zero-order valence-electron chi connectivity index (χ0n) is 12.6. The smallest absolute Gasteiger partial charge is 0.315 e. The highest BCUT2D eigenvalue weighted by atomic mass is 16.5. The molecular weight excluding hydrogens is 268 g/mol. The summed E-state index contributed by atoms with van der Waals surface area (Å²) in [4.78, 5) is 0. The van der Waals surface area contributed by atoms with Gasteiger partial charge in [-0.05, 0) is 37.1 Å². The highest BCUT2D eigenvalue weighted by Gasteiger charge is 2.04. The van der Waals surface area contributed by atoms with E-state index in [4.69, 9.17) is 9.15 Å². The van der Waals surface area contributed by atoms with Gasteiger partial charge in [-0.1, -0.05) is 24.2 Å². The van der Waals surface area contributed by atoms with Crippen molar-refractivity contribution in [1.29, 1.82) is 0 Å². The summed E-state index contributed by atoms with van der Waals surface area (Å²) in [6.45, 7) is 4.41. The molecule has 0 saturated carbocycles. The Balaban J connectivity index is 1.75. The molecule has 0 saturated heterocycles. The van der Waals surface area contributed by atoms with E-state index in [2.05, 4.69) is 33.8 Å². The number of ether oxygens (including phenoxy) is 1. The molecule has 114 valence electrons. The molecule has 0 amide bonds. The monoisotopic (exact) mass is 290 g/mol. The fourth-order valence-electron chi connectivity index (χ4n) is 1.91. The topological polar surface area (TPSA) is 72.2 Å². The number of hydrogen-bond donors (Lipinski definition) is 2. The molecule has 0 aliphatic heterocycles. The van der Waals surface area contributed by atoms with Crippen molar-refractivity contribution in [2.45, 2.75) is 26.3 Å². The van der Waals surface area contributed by atoms with Gasteiger partial charge in [0.15, 0.2) is 0 Å². The minimum atomic E-state index is 0.464. The van der Waals surface area contributed by atoms with Gasteiger partial charge in [-0.25, -0.2) is 0 Å². The molecule has 2 rings (SSSR count). The van der Waals surface area contributed by atoms with Crippen molar-refractivity contribution in [3.8, 4) is 5.75 Å². The number of nitrogens with zero attached hydrogens (tertiary/aromatic N) is 2. The number of aromatic nitrogens is 2. The van der Waals surface area contributed by atoms with Crippen LogP contribution in [0.4, 0.5) is 6.01 Å². The fraction of sp³-hybridized carbons (Fsp3) is 0.467. The molecule has 21 heavy (non-hydrogen) atoms. The fourth-order valence-corrected chi connectivity index (χ4v) is 1.91. The minimum absolute atomic E-state index is 0.464. The molecule has 2 N–H and O–H groups in total.